The van der Waals surface area contributed by atoms with E-state index in [-0.39, 0.29) is 11.6 Å². The minimum Gasteiger partial charge on any atom is -0.494 e. The van der Waals surface area contributed by atoms with E-state index in [1.165, 1.54) is 7.11 Å². The molecule has 0 radical (unpaired) electrons. The highest BCUT2D eigenvalue weighted by Gasteiger charge is 2.06. The first-order chi connectivity index (χ1) is 5.83. The van der Waals surface area contributed by atoms with E-state index < -0.39 is 0 Å². The van der Waals surface area contributed by atoms with Crippen molar-refractivity contribution in [1.29, 1.82) is 0 Å². The van der Waals surface area contributed by atoms with Gasteiger partial charge in [-0.25, -0.2) is 4.39 Å². The number of nitrogens with one attached hydrogen (secondary N) is 1. The van der Waals surface area contributed by atoms with Crippen molar-refractivity contribution in [2.24, 2.45) is 0 Å². The van der Waals surface area contributed by atoms with Crippen LogP contribution in [0, 0.1) is 5.82 Å². The van der Waals surface area contributed by atoms with Gasteiger partial charge in [-0.15, -0.1) is 0 Å². The third kappa shape index (κ3) is 0.863. The number of hydrogen-bond donors (Lipinski definition) is 1. The summed E-state index contributed by atoms with van der Waals surface area (Å²) in [6.07, 6.45) is 1.70. The molecular formula is C9H8FNO. The molecule has 1 aromatic heterocycles. The van der Waals surface area contributed by atoms with E-state index in [9.17, 15) is 4.39 Å². The average molecular weight is 165 g/mol. The molecule has 2 aromatic rings. The molecule has 0 aliphatic heterocycles. The SMILES string of the molecule is COc1ccc2cc[nH]c2c1F. The summed E-state index contributed by atoms with van der Waals surface area (Å²) in [5.41, 5.74) is 0.495. The summed E-state index contributed by atoms with van der Waals surface area (Å²) < 4.78 is 18.2. The predicted octanol–water partition coefficient (Wildman–Crippen LogP) is 2.32. The fourth-order valence-electron chi connectivity index (χ4n) is 1.23. The number of H-pyrrole nitrogens is 1. The Labute approximate surface area is 69.0 Å². The van der Waals surface area contributed by atoms with Crippen LogP contribution in [0.1, 0.15) is 0 Å². The largest absolute Gasteiger partial charge is 0.494 e. The Morgan fingerprint density at radius 2 is 2.17 bits per heavy atom. The van der Waals surface area contributed by atoms with Crippen LogP contribution < -0.4 is 4.74 Å². The molecule has 0 aliphatic rings. The van der Waals surface area contributed by atoms with E-state index >= 15 is 0 Å². The van der Waals surface area contributed by atoms with Gasteiger partial charge in [-0.3, -0.25) is 0 Å². The Hall–Kier alpha value is -1.51. The lowest BCUT2D eigenvalue weighted by atomic mass is 10.2. The molecule has 12 heavy (non-hydrogen) atoms. The molecule has 0 saturated carbocycles. The van der Waals surface area contributed by atoms with Crippen LogP contribution in [0.3, 0.4) is 0 Å². The number of fused-ring (bicyclic) bond motifs is 1. The molecule has 0 unspecified atom stereocenters. The molecule has 0 fully saturated rings. The molecule has 1 aromatic carbocycles. The van der Waals surface area contributed by atoms with Crippen molar-refractivity contribution in [1.82, 2.24) is 4.98 Å². The lowest BCUT2D eigenvalue weighted by molar-refractivity contribution is 0.388. The first kappa shape index (κ1) is 7.16. The van der Waals surface area contributed by atoms with Gasteiger partial charge in [0.05, 0.1) is 12.6 Å². The summed E-state index contributed by atoms with van der Waals surface area (Å²) in [5.74, 6) is -0.0649. The highest BCUT2D eigenvalue weighted by Crippen LogP contribution is 2.24. The van der Waals surface area contributed by atoms with Crippen LogP contribution in [0.25, 0.3) is 10.9 Å². The number of ether oxygens (including phenoxy) is 1. The molecule has 1 heterocycles. The van der Waals surface area contributed by atoms with Crippen molar-refractivity contribution >= 4 is 10.9 Å². The molecule has 0 amide bonds. The Bertz CT molecular complexity index is 408. The summed E-state index contributed by atoms with van der Waals surface area (Å²) in [7, 11) is 1.45. The molecular weight excluding hydrogens is 157 g/mol. The molecule has 2 rings (SSSR count). The van der Waals surface area contributed by atoms with Crippen LogP contribution in [0.5, 0.6) is 5.75 Å². The standard InChI is InChI=1S/C9H8FNO/c1-12-7-3-2-6-4-5-11-9(6)8(7)10/h2-5,11H,1H3. The van der Waals surface area contributed by atoms with Gasteiger partial charge >= 0.3 is 0 Å². The van der Waals surface area contributed by atoms with Gasteiger partial charge in [0.15, 0.2) is 11.6 Å². The van der Waals surface area contributed by atoms with Crippen molar-refractivity contribution in [3.8, 4) is 5.75 Å². The minimum absolute atomic E-state index is 0.268. The van der Waals surface area contributed by atoms with Gasteiger partial charge in [-0.05, 0) is 18.2 Å². The van der Waals surface area contributed by atoms with Gasteiger partial charge in [-0.1, -0.05) is 0 Å². The fourth-order valence-corrected chi connectivity index (χ4v) is 1.23. The molecule has 0 saturated heterocycles. The topological polar surface area (TPSA) is 25.0 Å². The summed E-state index contributed by atoms with van der Waals surface area (Å²) in [6, 6.07) is 5.25. The number of aromatic amines is 1. The summed E-state index contributed by atoms with van der Waals surface area (Å²) in [6.45, 7) is 0. The van der Waals surface area contributed by atoms with E-state index in [4.69, 9.17) is 4.74 Å². The first-order valence-electron chi connectivity index (χ1n) is 3.62. The number of aromatic nitrogens is 1. The van der Waals surface area contributed by atoms with E-state index in [1.54, 1.807) is 12.3 Å². The molecule has 0 atom stereocenters. The van der Waals surface area contributed by atoms with E-state index in [1.807, 2.05) is 12.1 Å². The van der Waals surface area contributed by atoms with Crippen LogP contribution in [-0.4, -0.2) is 12.1 Å². The van der Waals surface area contributed by atoms with Gasteiger partial charge in [0, 0.05) is 11.6 Å². The monoisotopic (exact) mass is 165 g/mol. The van der Waals surface area contributed by atoms with Crippen LogP contribution in [0.4, 0.5) is 4.39 Å². The normalized spacial score (nSPS) is 10.5. The van der Waals surface area contributed by atoms with E-state index in [0.29, 0.717) is 5.52 Å². The molecule has 62 valence electrons. The van der Waals surface area contributed by atoms with Crippen molar-refractivity contribution in [2.75, 3.05) is 7.11 Å². The van der Waals surface area contributed by atoms with Gasteiger partial charge in [-0.2, -0.15) is 0 Å². The molecule has 2 nitrogen and oxygen atoms in total. The van der Waals surface area contributed by atoms with E-state index in [0.717, 1.165) is 5.39 Å². The maximum absolute atomic E-state index is 13.3. The number of methoxy groups -OCH3 is 1. The number of halogens is 1. The Morgan fingerprint density at radius 3 is 2.92 bits per heavy atom. The van der Waals surface area contributed by atoms with Crippen molar-refractivity contribution in [3.05, 3.63) is 30.2 Å². The first-order valence-corrected chi connectivity index (χ1v) is 3.62. The van der Waals surface area contributed by atoms with Gasteiger partial charge in [0.1, 0.15) is 0 Å². The number of hydrogen-bond acceptors (Lipinski definition) is 1. The molecule has 1 N–H and O–H groups in total. The number of rotatable bonds is 1. The third-order valence-corrected chi connectivity index (χ3v) is 1.85. The van der Waals surface area contributed by atoms with Crippen molar-refractivity contribution < 1.29 is 9.13 Å². The Kier molecular flexibility index (Phi) is 1.50. The highest BCUT2D eigenvalue weighted by atomic mass is 19.1. The lowest BCUT2D eigenvalue weighted by Crippen LogP contribution is -1.87. The zero-order valence-electron chi connectivity index (χ0n) is 6.60. The second kappa shape index (κ2) is 2.52. The highest BCUT2D eigenvalue weighted by molar-refractivity contribution is 5.81. The van der Waals surface area contributed by atoms with Gasteiger partial charge in [0.25, 0.3) is 0 Å². The van der Waals surface area contributed by atoms with Gasteiger partial charge in [0.2, 0.25) is 0 Å². The quantitative estimate of drug-likeness (QED) is 0.689. The zero-order chi connectivity index (χ0) is 8.55. The smallest absolute Gasteiger partial charge is 0.189 e. The maximum Gasteiger partial charge on any atom is 0.189 e. The molecule has 0 aliphatic carbocycles. The summed E-state index contributed by atoms with van der Waals surface area (Å²) in [5, 5.41) is 0.855. The molecule has 0 spiro atoms. The predicted molar refractivity (Wildman–Crippen MR) is 44.8 cm³/mol. The minimum atomic E-state index is -0.333. The maximum atomic E-state index is 13.3. The second-order valence-electron chi connectivity index (χ2n) is 2.52. The number of benzene rings is 1. The Morgan fingerprint density at radius 1 is 1.33 bits per heavy atom. The van der Waals surface area contributed by atoms with Gasteiger partial charge < -0.3 is 9.72 Å². The van der Waals surface area contributed by atoms with Crippen LogP contribution in [0.15, 0.2) is 24.4 Å². The summed E-state index contributed by atoms with van der Waals surface area (Å²) in [4.78, 5) is 2.81. The summed E-state index contributed by atoms with van der Waals surface area (Å²) >= 11 is 0. The lowest BCUT2D eigenvalue weighted by Gasteiger charge is -2.00. The van der Waals surface area contributed by atoms with Crippen LogP contribution >= 0.6 is 0 Å². The third-order valence-electron chi connectivity index (χ3n) is 1.85. The van der Waals surface area contributed by atoms with E-state index in [2.05, 4.69) is 4.98 Å². The molecule has 0 bridgehead atoms. The Balaban J connectivity index is 2.78. The van der Waals surface area contributed by atoms with Crippen molar-refractivity contribution in [3.63, 3.8) is 0 Å². The molecule has 3 heteroatoms. The fraction of sp³-hybridized carbons (Fsp3) is 0.111. The van der Waals surface area contributed by atoms with Crippen LogP contribution in [0.2, 0.25) is 0 Å². The van der Waals surface area contributed by atoms with Crippen LogP contribution in [-0.2, 0) is 0 Å². The van der Waals surface area contributed by atoms with Crippen molar-refractivity contribution in [2.45, 2.75) is 0 Å². The zero-order valence-corrected chi connectivity index (χ0v) is 6.60. The second-order valence-corrected chi connectivity index (χ2v) is 2.52. The average Bonchev–Trinajstić information content (AvgIpc) is 2.53.